The number of carboxylic acid groups (broad SMARTS) is 1. The first kappa shape index (κ1) is 25.6. The van der Waals surface area contributed by atoms with E-state index in [9.17, 15) is 14.4 Å². The van der Waals surface area contributed by atoms with E-state index in [2.05, 4.69) is 22.8 Å². The lowest BCUT2D eigenvalue weighted by atomic mass is 9.98. The molecule has 2 aromatic carbocycles. The molecule has 7 nitrogen and oxygen atoms in total. The number of alkyl carbamates (subject to hydrolysis) is 1. The van der Waals surface area contributed by atoms with Crippen molar-refractivity contribution in [3.8, 4) is 11.1 Å². The fourth-order valence-electron chi connectivity index (χ4n) is 4.21. The molecule has 3 N–H and O–H groups in total. The number of fused-ring (bicyclic) bond motifs is 3. The normalized spacial score (nSPS) is 14.1. The largest absolute Gasteiger partial charge is 0.481 e. The topological polar surface area (TPSA) is 105 Å². The number of hydrogen-bond acceptors (Lipinski definition) is 5. The summed E-state index contributed by atoms with van der Waals surface area (Å²) in [6.07, 6.45) is 1.49. The zero-order valence-electron chi connectivity index (χ0n) is 19.7. The summed E-state index contributed by atoms with van der Waals surface area (Å²) in [6, 6.07) is 14.8. The summed E-state index contributed by atoms with van der Waals surface area (Å²) in [4.78, 5) is 36.7. The van der Waals surface area contributed by atoms with Crippen LogP contribution in [0.5, 0.6) is 0 Å². The SMILES string of the molecule is CSCCC(NC(=O)OCC1c2ccccc2-c2ccccc21)C(=O)N[C@H](CC(=O)O)C(C)C. The smallest absolute Gasteiger partial charge is 0.407 e. The number of thioether (sulfide) groups is 1. The van der Waals surface area contributed by atoms with Crippen molar-refractivity contribution in [3.05, 3.63) is 59.7 Å². The highest BCUT2D eigenvalue weighted by atomic mass is 32.2. The molecule has 0 radical (unpaired) electrons. The van der Waals surface area contributed by atoms with Gasteiger partial charge in [0.05, 0.1) is 6.42 Å². The highest BCUT2D eigenvalue weighted by Gasteiger charge is 2.30. The molecular formula is C26H32N2O5S. The van der Waals surface area contributed by atoms with Crippen molar-refractivity contribution in [3.63, 3.8) is 0 Å². The van der Waals surface area contributed by atoms with Crippen molar-refractivity contribution in [2.45, 2.75) is 44.7 Å². The lowest BCUT2D eigenvalue weighted by molar-refractivity contribution is -0.138. The Bertz CT molecular complexity index is 980. The minimum atomic E-state index is -0.982. The lowest BCUT2D eigenvalue weighted by Gasteiger charge is -2.25. The highest BCUT2D eigenvalue weighted by Crippen LogP contribution is 2.44. The van der Waals surface area contributed by atoms with Gasteiger partial charge in [0.25, 0.3) is 0 Å². The van der Waals surface area contributed by atoms with Gasteiger partial charge >= 0.3 is 12.1 Å². The van der Waals surface area contributed by atoms with Gasteiger partial charge in [-0.1, -0.05) is 62.4 Å². The Kier molecular flexibility index (Phi) is 8.98. The number of ether oxygens (including phenoxy) is 1. The summed E-state index contributed by atoms with van der Waals surface area (Å²) >= 11 is 1.56. The molecule has 8 heteroatoms. The monoisotopic (exact) mass is 484 g/mol. The standard InChI is InChI=1S/C26H32N2O5S/c1-16(2)23(14-24(29)30)27-25(31)22(12-13-34-3)28-26(32)33-15-21-19-10-6-4-8-17(19)18-9-5-7-11-20(18)21/h4-11,16,21-23H,12-15H2,1-3H3,(H,27,31)(H,28,32)(H,29,30)/t22?,23-/m1/s1. The molecular weight excluding hydrogens is 452 g/mol. The summed E-state index contributed by atoms with van der Waals surface area (Å²) in [5.74, 6) is -0.854. The molecule has 0 spiro atoms. The van der Waals surface area contributed by atoms with Gasteiger partial charge in [0.15, 0.2) is 0 Å². The van der Waals surface area contributed by atoms with Crippen molar-refractivity contribution in [2.24, 2.45) is 5.92 Å². The minimum Gasteiger partial charge on any atom is -0.481 e. The van der Waals surface area contributed by atoms with Gasteiger partial charge < -0.3 is 20.5 Å². The van der Waals surface area contributed by atoms with Crippen molar-refractivity contribution in [2.75, 3.05) is 18.6 Å². The van der Waals surface area contributed by atoms with Gasteiger partial charge in [0.1, 0.15) is 12.6 Å². The molecule has 1 aliphatic rings. The summed E-state index contributed by atoms with van der Waals surface area (Å²) in [6.45, 7) is 3.86. The Morgan fingerprint density at radius 2 is 1.59 bits per heavy atom. The maximum absolute atomic E-state index is 12.9. The second-order valence-corrected chi connectivity index (χ2v) is 9.75. The van der Waals surface area contributed by atoms with E-state index in [1.807, 2.05) is 56.5 Å². The number of aliphatic carboxylic acids is 1. The second-order valence-electron chi connectivity index (χ2n) is 8.76. The molecule has 3 rings (SSSR count). The molecule has 2 atom stereocenters. The van der Waals surface area contributed by atoms with E-state index in [1.165, 1.54) is 0 Å². The number of amides is 2. The number of rotatable bonds is 11. The zero-order chi connectivity index (χ0) is 24.7. The summed E-state index contributed by atoms with van der Waals surface area (Å²) in [5, 5.41) is 14.6. The molecule has 2 aromatic rings. The first-order valence-electron chi connectivity index (χ1n) is 11.4. The number of nitrogens with one attached hydrogen (secondary N) is 2. The maximum atomic E-state index is 12.9. The van der Waals surface area contributed by atoms with Gasteiger partial charge in [-0.25, -0.2) is 4.79 Å². The fourth-order valence-corrected chi connectivity index (χ4v) is 4.68. The van der Waals surface area contributed by atoms with Gasteiger partial charge in [-0.05, 0) is 46.6 Å². The number of carbonyl (C=O) groups is 3. The summed E-state index contributed by atoms with van der Waals surface area (Å²) < 4.78 is 5.59. The molecule has 0 saturated heterocycles. The van der Waals surface area contributed by atoms with Crippen molar-refractivity contribution in [1.29, 1.82) is 0 Å². The van der Waals surface area contributed by atoms with Gasteiger partial charge in [-0.2, -0.15) is 11.8 Å². The van der Waals surface area contributed by atoms with Crippen molar-refractivity contribution >= 4 is 29.7 Å². The first-order chi connectivity index (χ1) is 16.3. The van der Waals surface area contributed by atoms with Gasteiger partial charge in [-0.15, -0.1) is 0 Å². The van der Waals surface area contributed by atoms with Crippen LogP contribution in [0.2, 0.25) is 0 Å². The van der Waals surface area contributed by atoms with Crippen LogP contribution in [0.1, 0.15) is 43.7 Å². The molecule has 1 unspecified atom stereocenters. The van der Waals surface area contributed by atoms with Crippen LogP contribution in [0.25, 0.3) is 11.1 Å². The Hall–Kier alpha value is -3.00. The second kappa shape index (κ2) is 11.9. The predicted molar refractivity (Wildman–Crippen MR) is 134 cm³/mol. The van der Waals surface area contributed by atoms with E-state index in [0.717, 1.165) is 22.3 Å². The van der Waals surface area contributed by atoms with Crippen LogP contribution < -0.4 is 10.6 Å². The Balaban J connectivity index is 1.65. The molecule has 34 heavy (non-hydrogen) atoms. The van der Waals surface area contributed by atoms with Crippen LogP contribution in [0, 0.1) is 5.92 Å². The van der Waals surface area contributed by atoms with E-state index in [0.29, 0.717) is 12.2 Å². The van der Waals surface area contributed by atoms with Crippen LogP contribution >= 0.6 is 11.8 Å². The van der Waals surface area contributed by atoms with Crippen LogP contribution in [0.3, 0.4) is 0 Å². The third-order valence-electron chi connectivity index (χ3n) is 6.09. The Morgan fingerprint density at radius 3 is 2.12 bits per heavy atom. The average Bonchev–Trinajstić information content (AvgIpc) is 3.13. The lowest BCUT2D eigenvalue weighted by Crippen LogP contribution is -2.51. The molecule has 2 amide bonds. The summed E-state index contributed by atoms with van der Waals surface area (Å²) in [5.41, 5.74) is 4.51. The van der Waals surface area contributed by atoms with Crippen molar-refractivity contribution in [1.82, 2.24) is 10.6 Å². The van der Waals surface area contributed by atoms with E-state index >= 15 is 0 Å². The van der Waals surface area contributed by atoms with Crippen LogP contribution in [-0.2, 0) is 14.3 Å². The minimum absolute atomic E-state index is 0.0595. The molecule has 0 aliphatic heterocycles. The van der Waals surface area contributed by atoms with E-state index in [4.69, 9.17) is 9.84 Å². The third kappa shape index (κ3) is 6.32. The maximum Gasteiger partial charge on any atom is 0.407 e. The number of carbonyl (C=O) groups excluding carboxylic acids is 2. The predicted octanol–water partition coefficient (Wildman–Crippen LogP) is 4.26. The third-order valence-corrected chi connectivity index (χ3v) is 6.73. The molecule has 0 fully saturated rings. The zero-order valence-corrected chi connectivity index (χ0v) is 20.6. The Labute approximate surface area is 204 Å². The molecule has 182 valence electrons. The van der Waals surface area contributed by atoms with Crippen molar-refractivity contribution < 1.29 is 24.2 Å². The number of benzene rings is 2. The average molecular weight is 485 g/mol. The van der Waals surface area contributed by atoms with Gasteiger partial charge in [0, 0.05) is 12.0 Å². The fraction of sp³-hybridized carbons (Fsp3) is 0.423. The van der Waals surface area contributed by atoms with Gasteiger partial charge in [-0.3, -0.25) is 9.59 Å². The first-order valence-corrected chi connectivity index (χ1v) is 12.8. The van der Waals surface area contributed by atoms with Crippen LogP contribution in [-0.4, -0.2) is 53.8 Å². The molecule has 1 aliphatic carbocycles. The number of hydrogen-bond donors (Lipinski definition) is 3. The van der Waals surface area contributed by atoms with Crippen LogP contribution in [0.4, 0.5) is 4.79 Å². The Morgan fingerprint density at radius 1 is 1.00 bits per heavy atom. The van der Waals surface area contributed by atoms with Gasteiger partial charge in [0.2, 0.25) is 5.91 Å². The quantitative estimate of drug-likeness (QED) is 0.440. The molecule has 0 bridgehead atoms. The highest BCUT2D eigenvalue weighted by molar-refractivity contribution is 7.98. The number of carboxylic acids is 1. The molecule has 0 aromatic heterocycles. The van der Waals surface area contributed by atoms with E-state index < -0.39 is 30.1 Å². The van der Waals surface area contributed by atoms with E-state index in [-0.39, 0.29) is 24.9 Å². The molecule has 0 heterocycles. The summed E-state index contributed by atoms with van der Waals surface area (Å²) in [7, 11) is 0. The molecule has 0 saturated carbocycles. The van der Waals surface area contributed by atoms with E-state index in [1.54, 1.807) is 11.8 Å². The van der Waals surface area contributed by atoms with Crippen LogP contribution in [0.15, 0.2) is 48.5 Å².